The normalized spacial score (nSPS) is 8.93. The summed E-state index contributed by atoms with van der Waals surface area (Å²) in [6.45, 7) is 8.54. The number of benzene rings is 1. The first-order valence-electron chi connectivity index (χ1n) is 5.02. The van der Waals surface area contributed by atoms with Crippen LogP contribution < -0.4 is 0 Å². The average Bonchev–Trinajstić information content (AvgIpc) is 2.18. The van der Waals surface area contributed by atoms with Crippen molar-refractivity contribution in [2.75, 3.05) is 0 Å². The van der Waals surface area contributed by atoms with Crippen LogP contribution in [-0.2, 0) is 36.5 Å². The Kier molecular flexibility index (Phi) is 15.6. The molecule has 0 atom stereocenters. The Balaban J connectivity index is 0. The van der Waals surface area contributed by atoms with Gasteiger partial charge in [-0.25, -0.2) is 0 Å². The summed E-state index contributed by atoms with van der Waals surface area (Å²) >= 11 is 0.234. The number of hydrogen-bond acceptors (Lipinski definition) is 1. The first kappa shape index (κ1) is 18.2. The summed E-state index contributed by atoms with van der Waals surface area (Å²) in [6, 6.07) is 12.5. The van der Waals surface area contributed by atoms with Crippen molar-refractivity contribution in [2.24, 2.45) is 0 Å². The molecule has 0 saturated carbocycles. The van der Waals surface area contributed by atoms with Crippen LogP contribution in [0.4, 0.5) is 0 Å². The number of hydrogen-bond donors (Lipinski definition) is 0. The van der Waals surface area contributed by atoms with Crippen molar-refractivity contribution in [3.05, 3.63) is 36.4 Å². The van der Waals surface area contributed by atoms with E-state index in [0.29, 0.717) is 6.10 Å². The quantitative estimate of drug-likeness (QED) is 0.614. The molecule has 0 bridgehead atoms. The van der Waals surface area contributed by atoms with Crippen LogP contribution in [0.3, 0.4) is 0 Å². The Hall–Kier alpha value is 0.816. The summed E-state index contributed by atoms with van der Waals surface area (Å²) in [5, 5.41) is 0. The van der Waals surface area contributed by atoms with E-state index in [0.717, 1.165) is 4.78 Å². The van der Waals surface area contributed by atoms with Crippen LogP contribution in [-0.4, -0.2) is 21.7 Å². The topological polar surface area (TPSA) is 9.23 Å². The van der Waals surface area contributed by atoms with E-state index in [1.54, 1.807) is 0 Å². The van der Waals surface area contributed by atoms with Crippen LogP contribution in [0.25, 0.3) is 0 Å². The fraction of sp³-hybridized carbons (Fsp3) is 0.500. The van der Waals surface area contributed by atoms with Gasteiger partial charge in [0.15, 0.2) is 0 Å². The summed E-state index contributed by atoms with van der Waals surface area (Å²) in [5.74, 6) is 0. The third-order valence-electron chi connectivity index (χ3n) is 1.23. The molecule has 0 aliphatic carbocycles. The Bertz CT molecular complexity index is 167. The molecule has 0 unspecified atom stereocenters. The second-order valence-corrected chi connectivity index (χ2v) is 5.52. The van der Waals surface area contributed by atoms with Gasteiger partial charge < -0.3 is 3.79 Å². The molecule has 0 spiro atoms. The maximum atomic E-state index is 5.39. The summed E-state index contributed by atoms with van der Waals surface area (Å²) in [4.78, 5) is 0. The predicted molar refractivity (Wildman–Crippen MR) is 62.4 cm³/mol. The summed E-state index contributed by atoms with van der Waals surface area (Å²) in [7, 11) is 0. The van der Waals surface area contributed by atoms with E-state index in [9.17, 15) is 0 Å². The third kappa shape index (κ3) is 17.4. The van der Waals surface area contributed by atoms with Crippen LogP contribution in [0, 0.1) is 6.07 Å². The first-order valence-corrected chi connectivity index (χ1v) is 6.16. The van der Waals surface area contributed by atoms with Gasteiger partial charge in [-0.05, 0) is 13.8 Å². The smallest absolute Gasteiger partial charge is 0.426 e. The molecule has 2 radical (unpaired) electrons. The van der Waals surface area contributed by atoms with Crippen LogP contribution in [0.5, 0.6) is 0 Å². The maximum Gasteiger partial charge on any atom is 0.426 e. The Labute approximate surface area is 126 Å². The largest absolute Gasteiger partial charge is 0.505 e. The summed E-state index contributed by atoms with van der Waals surface area (Å²) < 4.78 is 6.13. The molecule has 0 saturated heterocycles. The SMILES string of the molecule is CC(C)[O][Al][CH](C)C.[Y].[c-]1ccccc1. The Morgan fingerprint density at radius 1 is 1.00 bits per heavy atom. The molecule has 1 nitrogen and oxygen atoms in total. The van der Waals surface area contributed by atoms with E-state index in [-0.39, 0.29) is 48.3 Å². The van der Waals surface area contributed by atoms with Crippen molar-refractivity contribution < 1.29 is 36.5 Å². The minimum atomic E-state index is 0. The van der Waals surface area contributed by atoms with Gasteiger partial charge in [-0.15, -0.1) is 0 Å². The van der Waals surface area contributed by atoms with Crippen molar-refractivity contribution in [1.82, 2.24) is 0 Å². The molecule has 0 fully saturated rings. The van der Waals surface area contributed by atoms with Crippen molar-refractivity contribution in [3.63, 3.8) is 0 Å². The van der Waals surface area contributed by atoms with E-state index >= 15 is 0 Å². The second-order valence-electron chi connectivity index (χ2n) is 3.64. The molecule has 0 aromatic heterocycles. The fourth-order valence-electron chi connectivity index (χ4n) is 0.656. The molecule has 80 valence electrons. The van der Waals surface area contributed by atoms with Crippen LogP contribution in [0.2, 0.25) is 4.78 Å². The Morgan fingerprint density at radius 3 is 1.67 bits per heavy atom. The van der Waals surface area contributed by atoms with Gasteiger partial charge in [-0.3, -0.25) is 0 Å². The second kappa shape index (κ2) is 12.9. The molecular formula is C12H19AlOY-. The fourth-order valence-corrected chi connectivity index (χ4v) is 1.28. The van der Waals surface area contributed by atoms with Gasteiger partial charge in [0.05, 0.1) is 0 Å². The zero-order valence-electron chi connectivity index (χ0n) is 10.1. The van der Waals surface area contributed by atoms with E-state index in [2.05, 4.69) is 33.8 Å². The molecular weight excluding hydrogens is 276 g/mol. The first-order chi connectivity index (χ1) is 6.63. The van der Waals surface area contributed by atoms with Crippen LogP contribution >= 0.6 is 0 Å². The monoisotopic (exact) mass is 295 g/mol. The van der Waals surface area contributed by atoms with Crippen molar-refractivity contribution >= 4 is 15.6 Å². The van der Waals surface area contributed by atoms with Crippen LogP contribution in [0.15, 0.2) is 30.3 Å². The van der Waals surface area contributed by atoms with E-state index in [4.69, 9.17) is 3.79 Å². The molecule has 0 heterocycles. The average molecular weight is 295 g/mol. The molecule has 1 rings (SSSR count). The molecule has 0 amide bonds. The zero-order chi connectivity index (χ0) is 10.8. The van der Waals surface area contributed by atoms with E-state index in [1.807, 2.05) is 30.3 Å². The third-order valence-corrected chi connectivity index (χ3v) is 2.48. The van der Waals surface area contributed by atoms with E-state index < -0.39 is 0 Å². The molecule has 3 heteroatoms. The summed E-state index contributed by atoms with van der Waals surface area (Å²) in [6.07, 6.45) is 0.424. The van der Waals surface area contributed by atoms with Gasteiger partial charge in [0.25, 0.3) is 0 Å². The standard InChI is InChI=1S/C6H5.C3H7O.C3H7.Al.Y/c1-2-4-6-5-3-1;1-3(2)4;1-3-2;;/h1-5H;3H,1-2H3;3H,1-2H3;;/q2*-1;;+1;. The minimum absolute atomic E-state index is 0. The van der Waals surface area contributed by atoms with Gasteiger partial charge in [0.2, 0.25) is 0 Å². The predicted octanol–water partition coefficient (Wildman–Crippen LogP) is 3.34. The van der Waals surface area contributed by atoms with Gasteiger partial charge in [0.1, 0.15) is 0 Å². The van der Waals surface area contributed by atoms with Gasteiger partial charge in [-0.1, -0.05) is 18.6 Å². The minimum Gasteiger partial charge on any atom is -0.505 e. The number of rotatable bonds is 3. The van der Waals surface area contributed by atoms with Gasteiger partial charge in [0, 0.05) is 38.8 Å². The Morgan fingerprint density at radius 2 is 1.53 bits per heavy atom. The molecule has 0 aliphatic rings. The van der Waals surface area contributed by atoms with E-state index in [1.165, 1.54) is 0 Å². The van der Waals surface area contributed by atoms with Gasteiger partial charge >= 0.3 is 15.6 Å². The van der Waals surface area contributed by atoms with Crippen LogP contribution in [0.1, 0.15) is 27.7 Å². The summed E-state index contributed by atoms with van der Waals surface area (Å²) in [5.41, 5.74) is 0. The van der Waals surface area contributed by atoms with Crippen molar-refractivity contribution in [3.8, 4) is 0 Å². The van der Waals surface area contributed by atoms with Crippen molar-refractivity contribution in [1.29, 1.82) is 0 Å². The van der Waals surface area contributed by atoms with Crippen molar-refractivity contribution in [2.45, 2.75) is 38.6 Å². The molecule has 0 N–H and O–H groups in total. The maximum absolute atomic E-state index is 5.39. The molecule has 15 heavy (non-hydrogen) atoms. The molecule has 1 aromatic rings. The van der Waals surface area contributed by atoms with Gasteiger partial charge in [-0.2, -0.15) is 36.4 Å². The zero-order valence-corrected chi connectivity index (χ0v) is 14.1. The molecule has 1 aromatic carbocycles. The molecule has 0 aliphatic heterocycles.